The van der Waals surface area contributed by atoms with Crippen LogP contribution in [0.3, 0.4) is 0 Å². The Balaban J connectivity index is 1.38. The maximum atomic E-state index is 12.0. The highest BCUT2D eigenvalue weighted by molar-refractivity contribution is 7.13. The molecule has 6 nitrogen and oxygen atoms in total. The molecule has 0 aliphatic carbocycles. The smallest absolute Gasteiger partial charge is 0.226 e. The molecule has 3 rings (SSSR count). The van der Waals surface area contributed by atoms with Crippen molar-refractivity contribution in [3.63, 3.8) is 0 Å². The Bertz CT molecular complexity index is 641. The van der Waals surface area contributed by atoms with Crippen molar-refractivity contribution in [2.45, 2.75) is 12.8 Å². The van der Waals surface area contributed by atoms with Gasteiger partial charge in [-0.15, -0.1) is 11.3 Å². The van der Waals surface area contributed by atoms with Crippen molar-refractivity contribution >= 4 is 17.2 Å². The van der Waals surface area contributed by atoms with Crippen molar-refractivity contribution in [1.29, 1.82) is 0 Å². The highest BCUT2D eigenvalue weighted by Crippen LogP contribution is 2.22. The monoisotopic (exact) mass is 346 g/mol. The third kappa shape index (κ3) is 5.09. The van der Waals surface area contributed by atoms with Gasteiger partial charge in [-0.3, -0.25) is 14.7 Å². The number of nitrogens with one attached hydrogen (secondary N) is 1. The maximum Gasteiger partial charge on any atom is 0.226 e. The van der Waals surface area contributed by atoms with Crippen molar-refractivity contribution < 1.29 is 9.53 Å². The van der Waals surface area contributed by atoms with Crippen molar-refractivity contribution in [2.24, 2.45) is 0 Å². The number of hydrogen-bond donors (Lipinski definition) is 1. The minimum absolute atomic E-state index is 0.0311. The molecule has 0 aromatic carbocycles. The van der Waals surface area contributed by atoms with Gasteiger partial charge in [-0.2, -0.15) is 0 Å². The Kier molecular flexibility index (Phi) is 6.28. The summed E-state index contributed by atoms with van der Waals surface area (Å²) < 4.78 is 5.32. The lowest BCUT2D eigenvalue weighted by Gasteiger charge is -2.26. The number of nitrogens with zero attached hydrogens (tertiary/aromatic N) is 3. The van der Waals surface area contributed by atoms with Gasteiger partial charge >= 0.3 is 0 Å². The van der Waals surface area contributed by atoms with Crippen molar-refractivity contribution in [3.8, 4) is 10.6 Å². The molecule has 1 fully saturated rings. The quantitative estimate of drug-likeness (QED) is 0.771. The molecule has 1 amide bonds. The van der Waals surface area contributed by atoms with E-state index in [0.717, 1.165) is 55.5 Å². The maximum absolute atomic E-state index is 12.0. The van der Waals surface area contributed by atoms with E-state index in [4.69, 9.17) is 4.74 Å². The van der Waals surface area contributed by atoms with E-state index < -0.39 is 0 Å². The second kappa shape index (κ2) is 8.86. The van der Waals surface area contributed by atoms with Crippen LogP contribution in [-0.2, 0) is 16.0 Å². The van der Waals surface area contributed by atoms with Gasteiger partial charge in [0.25, 0.3) is 0 Å². The first-order valence-electron chi connectivity index (χ1n) is 8.23. The summed E-state index contributed by atoms with van der Waals surface area (Å²) in [6.45, 7) is 5.32. The summed E-state index contributed by atoms with van der Waals surface area (Å²) >= 11 is 1.55. The fraction of sp³-hybridized carbons (Fsp3) is 0.471. The highest BCUT2D eigenvalue weighted by Gasteiger charge is 2.11. The van der Waals surface area contributed by atoms with Gasteiger partial charge in [0, 0.05) is 43.0 Å². The molecule has 2 aromatic rings. The van der Waals surface area contributed by atoms with E-state index in [1.54, 1.807) is 23.7 Å². The molecule has 3 heterocycles. The predicted molar refractivity (Wildman–Crippen MR) is 93.9 cm³/mol. The molecule has 1 N–H and O–H groups in total. The van der Waals surface area contributed by atoms with Crippen molar-refractivity contribution in [3.05, 3.63) is 35.6 Å². The molecule has 1 aliphatic heterocycles. The number of carbonyl (C=O) groups excluding carboxylic acids is 1. The SMILES string of the molecule is O=C(Cc1csc(-c2ccncc2)n1)NCCCN1CCOCC1. The Hall–Kier alpha value is -1.83. The van der Waals surface area contributed by atoms with E-state index >= 15 is 0 Å². The molecule has 1 aliphatic rings. The predicted octanol–water partition coefficient (Wildman–Crippen LogP) is 1.59. The summed E-state index contributed by atoms with van der Waals surface area (Å²) in [4.78, 5) is 22.9. The lowest BCUT2D eigenvalue weighted by molar-refractivity contribution is -0.120. The average Bonchev–Trinajstić information content (AvgIpc) is 3.09. The second-order valence-corrected chi connectivity index (χ2v) is 6.57. The molecule has 7 heteroatoms. The molecule has 0 bridgehead atoms. The number of carbonyl (C=O) groups is 1. The van der Waals surface area contributed by atoms with E-state index in [1.165, 1.54) is 0 Å². The van der Waals surface area contributed by atoms with Crippen LogP contribution in [0.15, 0.2) is 29.9 Å². The molecule has 0 atom stereocenters. The lowest BCUT2D eigenvalue weighted by Crippen LogP contribution is -2.38. The van der Waals surface area contributed by atoms with E-state index in [0.29, 0.717) is 13.0 Å². The number of pyridine rings is 1. The molecular formula is C17H22N4O2S. The zero-order chi connectivity index (χ0) is 16.6. The van der Waals surface area contributed by atoms with Gasteiger partial charge in [-0.25, -0.2) is 4.98 Å². The van der Waals surface area contributed by atoms with Crippen LogP contribution in [0.25, 0.3) is 10.6 Å². The molecule has 2 aromatic heterocycles. The Morgan fingerprint density at radius 3 is 2.88 bits per heavy atom. The molecule has 0 spiro atoms. The van der Waals surface area contributed by atoms with E-state index in [-0.39, 0.29) is 5.91 Å². The molecule has 1 saturated heterocycles. The fourth-order valence-electron chi connectivity index (χ4n) is 2.60. The highest BCUT2D eigenvalue weighted by atomic mass is 32.1. The van der Waals surface area contributed by atoms with E-state index in [1.807, 2.05) is 17.5 Å². The number of ether oxygens (including phenoxy) is 1. The zero-order valence-corrected chi connectivity index (χ0v) is 14.4. The summed E-state index contributed by atoms with van der Waals surface area (Å²) in [6, 6.07) is 3.85. The standard InChI is InChI=1S/C17H22N4O2S/c22-16(19-4-1-7-21-8-10-23-11-9-21)12-15-13-24-17(20-15)14-2-5-18-6-3-14/h2-3,5-6,13H,1,4,7-12H2,(H,19,22). The molecule has 24 heavy (non-hydrogen) atoms. The van der Waals surface area contributed by atoms with Crippen LogP contribution < -0.4 is 5.32 Å². The number of thiazole rings is 1. The summed E-state index contributed by atoms with van der Waals surface area (Å²) in [5.74, 6) is 0.0311. The normalized spacial score (nSPS) is 15.3. The molecular weight excluding hydrogens is 324 g/mol. The summed E-state index contributed by atoms with van der Waals surface area (Å²) in [6.07, 6.45) is 4.79. The van der Waals surface area contributed by atoms with Crippen LogP contribution in [0.5, 0.6) is 0 Å². The number of hydrogen-bond acceptors (Lipinski definition) is 6. The largest absolute Gasteiger partial charge is 0.379 e. The minimum atomic E-state index is 0.0311. The number of amides is 1. The number of aromatic nitrogens is 2. The van der Waals surface area contributed by atoms with Crippen LogP contribution >= 0.6 is 11.3 Å². The summed E-state index contributed by atoms with van der Waals surface area (Å²) in [5.41, 5.74) is 1.85. The van der Waals surface area contributed by atoms with Gasteiger partial charge < -0.3 is 10.1 Å². The minimum Gasteiger partial charge on any atom is -0.379 e. The van der Waals surface area contributed by atoms with E-state index in [9.17, 15) is 4.79 Å². The number of rotatable bonds is 7. The van der Waals surface area contributed by atoms with Crippen LogP contribution in [0.4, 0.5) is 0 Å². The van der Waals surface area contributed by atoms with E-state index in [2.05, 4.69) is 20.2 Å². The Morgan fingerprint density at radius 1 is 1.29 bits per heavy atom. The molecule has 128 valence electrons. The second-order valence-electron chi connectivity index (χ2n) is 5.71. The molecule has 0 saturated carbocycles. The first kappa shape index (κ1) is 17.0. The van der Waals surface area contributed by atoms with Gasteiger partial charge in [0.1, 0.15) is 5.01 Å². The summed E-state index contributed by atoms with van der Waals surface area (Å²) in [7, 11) is 0. The van der Waals surface area contributed by atoms with Crippen molar-refractivity contribution in [1.82, 2.24) is 20.2 Å². The van der Waals surface area contributed by atoms with Crippen LogP contribution in [0, 0.1) is 0 Å². The molecule has 0 radical (unpaired) electrons. The zero-order valence-electron chi connectivity index (χ0n) is 13.6. The van der Waals surface area contributed by atoms with Crippen LogP contribution in [-0.4, -0.2) is 60.2 Å². The topological polar surface area (TPSA) is 67.4 Å². The van der Waals surface area contributed by atoms with Crippen LogP contribution in [0.2, 0.25) is 0 Å². The lowest BCUT2D eigenvalue weighted by atomic mass is 10.3. The third-order valence-electron chi connectivity index (χ3n) is 3.90. The van der Waals surface area contributed by atoms with Gasteiger partial charge in [0.05, 0.1) is 25.3 Å². The third-order valence-corrected chi connectivity index (χ3v) is 4.84. The average molecular weight is 346 g/mol. The fourth-order valence-corrected chi connectivity index (χ4v) is 3.42. The van der Waals surface area contributed by atoms with Gasteiger partial charge in [-0.1, -0.05) is 0 Å². The first-order valence-corrected chi connectivity index (χ1v) is 9.11. The molecule has 0 unspecified atom stereocenters. The van der Waals surface area contributed by atoms with Gasteiger partial charge in [0.2, 0.25) is 5.91 Å². The first-order chi connectivity index (χ1) is 11.8. The Labute approximate surface area is 145 Å². The van der Waals surface area contributed by atoms with Gasteiger partial charge in [-0.05, 0) is 25.1 Å². The van der Waals surface area contributed by atoms with Crippen LogP contribution in [0.1, 0.15) is 12.1 Å². The summed E-state index contributed by atoms with van der Waals surface area (Å²) in [5, 5.41) is 5.85. The number of morpholine rings is 1. The van der Waals surface area contributed by atoms with Crippen molar-refractivity contribution in [2.75, 3.05) is 39.4 Å². The Morgan fingerprint density at radius 2 is 2.08 bits per heavy atom. The van der Waals surface area contributed by atoms with Gasteiger partial charge in [0.15, 0.2) is 0 Å².